The van der Waals surface area contributed by atoms with Crippen molar-refractivity contribution in [2.45, 2.75) is 40.8 Å². The number of hydrogen-bond donors (Lipinski definition) is 3. The first-order valence-corrected chi connectivity index (χ1v) is 17.5. The average Bonchev–Trinajstić information content (AvgIpc) is 3.12. The van der Waals surface area contributed by atoms with Gasteiger partial charge >= 0.3 is 5.97 Å². The molecular formula is C40H38Br2N6O3. The number of aromatic nitrogens is 4. The second kappa shape index (κ2) is 18.8. The molecule has 11 heteroatoms. The number of carbonyl (C=O) groups excluding carboxylic acids is 1. The summed E-state index contributed by atoms with van der Waals surface area (Å²) in [5.74, 6) is 0.451. The highest BCUT2D eigenvalue weighted by atomic mass is 79.9. The zero-order chi connectivity index (χ0) is 36.9. The van der Waals surface area contributed by atoms with Crippen LogP contribution in [0.25, 0.3) is 22.3 Å². The molecule has 0 saturated carbocycles. The highest BCUT2D eigenvalue weighted by molar-refractivity contribution is 9.10. The van der Waals surface area contributed by atoms with Crippen LogP contribution >= 0.6 is 31.9 Å². The molecule has 4 N–H and O–H groups in total. The molecule has 0 saturated heterocycles. The number of rotatable bonds is 7. The molecule has 0 unspecified atom stereocenters. The minimum Gasteiger partial charge on any atom is -0.478 e. The van der Waals surface area contributed by atoms with Crippen LogP contribution in [0.2, 0.25) is 0 Å². The molecule has 2 heterocycles. The summed E-state index contributed by atoms with van der Waals surface area (Å²) in [6, 6.07) is 27.2. The summed E-state index contributed by atoms with van der Waals surface area (Å²) in [7, 11) is 0. The number of halogens is 2. The topological polar surface area (TPSA) is 144 Å². The van der Waals surface area contributed by atoms with Gasteiger partial charge in [0.05, 0.1) is 5.56 Å². The van der Waals surface area contributed by atoms with Crippen LogP contribution in [0.4, 0.5) is 0 Å². The minimum atomic E-state index is -0.917. The molecule has 0 atom stereocenters. The van der Waals surface area contributed by atoms with E-state index in [0.29, 0.717) is 24.5 Å². The Hall–Kier alpha value is -5.10. The molecule has 1 amide bonds. The van der Waals surface area contributed by atoms with Gasteiger partial charge in [0, 0.05) is 63.5 Å². The van der Waals surface area contributed by atoms with E-state index in [4.69, 9.17) is 10.8 Å². The summed E-state index contributed by atoms with van der Waals surface area (Å²) < 4.78 is 1.64. The van der Waals surface area contributed by atoms with E-state index in [9.17, 15) is 9.59 Å². The molecule has 0 aliphatic heterocycles. The summed E-state index contributed by atoms with van der Waals surface area (Å²) in [4.78, 5) is 39.7. The van der Waals surface area contributed by atoms with Crippen LogP contribution < -0.4 is 11.1 Å². The van der Waals surface area contributed by atoms with Crippen LogP contribution in [0.15, 0.2) is 119 Å². The predicted molar refractivity (Wildman–Crippen MR) is 208 cm³/mol. The van der Waals surface area contributed by atoms with Gasteiger partial charge in [0.15, 0.2) is 0 Å². The minimum absolute atomic E-state index is 0.129. The van der Waals surface area contributed by atoms with Crippen molar-refractivity contribution in [2.24, 2.45) is 5.73 Å². The van der Waals surface area contributed by atoms with Crippen molar-refractivity contribution in [1.29, 1.82) is 0 Å². The number of aryl methyl sites for hydroxylation is 4. The smallest absolute Gasteiger partial charge is 0.335 e. The fourth-order valence-electron chi connectivity index (χ4n) is 4.58. The number of carboxylic acids is 1. The third kappa shape index (κ3) is 12.3. The van der Waals surface area contributed by atoms with E-state index >= 15 is 0 Å². The number of aromatic carboxylic acids is 1. The van der Waals surface area contributed by atoms with Crippen molar-refractivity contribution >= 4 is 43.7 Å². The van der Waals surface area contributed by atoms with Crippen LogP contribution in [0, 0.1) is 27.7 Å². The molecule has 51 heavy (non-hydrogen) atoms. The third-order valence-electron chi connectivity index (χ3n) is 7.43. The summed E-state index contributed by atoms with van der Waals surface area (Å²) in [5, 5.41) is 11.9. The maximum Gasteiger partial charge on any atom is 0.335 e. The van der Waals surface area contributed by atoms with Gasteiger partial charge < -0.3 is 16.2 Å². The van der Waals surface area contributed by atoms with Crippen LogP contribution in [-0.2, 0) is 13.1 Å². The Morgan fingerprint density at radius 1 is 0.608 bits per heavy atom. The number of carboxylic acid groups (broad SMARTS) is 1. The van der Waals surface area contributed by atoms with Crippen molar-refractivity contribution in [3.8, 4) is 22.3 Å². The molecule has 4 aromatic carbocycles. The van der Waals surface area contributed by atoms with Gasteiger partial charge in [-0.05, 0) is 86.3 Å². The first-order chi connectivity index (χ1) is 24.4. The lowest BCUT2D eigenvalue weighted by Crippen LogP contribution is -2.23. The SMILES string of the molecule is Cc1ccc(-c2cc(Br)cc(C(=O)NCc3cnc(C)nc3)c2)cc1.Cc1ccc(-c2cc(Br)cc(C(=O)O)c2)cc1.Cc1ncc(CN)cn1. The van der Waals surface area contributed by atoms with Gasteiger partial charge in [-0.1, -0.05) is 91.5 Å². The second-order valence-electron chi connectivity index (χ2n) is 11.7. The molecule has 0 spiro atoms. The number of benzene rings is 4. The Morgan fingerprint density at radius 3 is 1.45 bits per heavy atom. The number of nitrogens with one attached hydrogen (secondary N) is 1. The van der Waals surface area contributed by atoms with Crippen molar-refractivity contribution in [1.82, 2.24) is 25.3 Å². The van der Waals surface area contributed by atoms with Crippen LogP contribution in [0.3, 0.4) is 0 Å². The fraction of sp³-hybridized carbons (Fsp3) is 0.150. The highest BCUT2D eigenvalue weighted by Crippen LogP contribution is 2.27. The quantitative estimate of drug-likeness (QED) is 0.145. The van der Waals surface area contributed by atoms with E-state index < -0.39 is 5.97 Å². The number of nitrogens with zero attached hydrogens (tertiary/aromatic N) is 4. The van der Waals surface area contributed by atoms with Crippen molar-refractivity contribution in [3.05, 3.63) is 164 Å². The Kier molecular flexibility index (Phi) is 14.2. The number of amides is 1. The van der Waals surface area contributed by atoms with E-state index in [0.717, 1.165) is 48.2 Å². The normalized spacial score (nSPS) is 10.3. The average molecular weight is 811 g/mol. The summed E-state index contributed by atoms with van der Waals surface area (Å²) in [6.07, 6.45) is 6.92. The molecule has 260 valence electrons. The lowest BCUT2D eigenvalue weighted by atomic mass is 10.0. The summed E-state index contributed by atoms with van der Waals surface area (Å²) in [6.45, 7) is 8.66. The second-order valence-corrected chi connectivity index (χ2v) is 13.5. The lowest BCUT2D eigenvalue weighted by molar-refractivity contribution is 0.0696. The first kappa shape index (κ1) is 38.7. The monoisotopic (exact) mass is 808 g/mol. The van der Waals surface area contributed by atoms with Crippen molar-refractivity contribution < 1.29 is 14.7 Å². The summed E-state index contributed by atoms with van der Waals surface area (Å²) in [5.41, 5.74) is 14.4. The predicted octanol–water partition coefficient (Wildman–Crippen LogP) is 8.82. The van der Waals surface area contributed by atoms with Gasteiger partial charge in [0.1, 0.15) is 11.6 Å². The molecule has 6 aromatic rings. The Labute approximate surface area is 314 Å². The zero-order valence-electron chi connectivity index (χ0n) is 28.7. The maximum absolute atomic E-state index is 12.5. The van der Waals surface area contributed by atoms with E-state index in [1.165, 1.54) is 11.1 Å². The van der Waals surface area contributed by atoms with Gasteiger partial charge in [-0.15, -0.1) is 0 Å². The third-order valence-corrected chi connectivity index (χ3v) is 8.35. The van der Waals surface area contributed by atoms with Gasteiger partial charge in [-0.3, -0.25) is 4.79 Å². The first-order valence-electron chi connectivity index (χ1n) is 15.9. The molecule has 6 rings (SSSR count). The standard InChI is InChI=1S/C20H18BrN3O.C14H11BrO2.C6H9N3/c1-13-3-5-16(6-4-13)17-7-18(9-19(21)8-17)20(25)24-12-15-10-22-14(2)23-11-15;1-9-2-4-10(5-3-9)11-6-12(14(16)17)8-13(15)7-11;1-5-8-3-6(2-7)4-9-5/h3-11H,12H2,1-2H3,(H,24,25);2-8H,1H3,(H,16,17);3-4H,2,7H2,1H3. The largest absolute Gasteiger partial charge is 0.478 e. The fourth-order valence-corrected chi connectivity index (χ4v) is 5.57. The Morgan fingerprint density at radius 2 is 1.02 bits per heavy atom. The van der Waals surface area contributed by atoms with Crippen molar-refractivity contribution in [3.63, 3.8) is 0 Å². The molecule has 9 nitrogen and oxygen atoms in total. The van der Waals surface area contributed by atoms with E-state index in [1.807, 2.05) is 69.3 Å². The van der Waals surface area contributed by atoms with E-state index in [2.05, 4.69) is 88.3 Å². The molecule has 0 aliphatic rings. The molecule has 2 aromatic heterocycles. The highest BCUT2D eigenvalue weighted by Gasteiger charge is 2.10. The molecule has 0 bridgehead atoms. The maximum atomic E-state index is 12.5. The number of nitrogens with two attached hydrogens (primary N) is 1. The van der Waals surface area contributed by atoms with Gasteiger partial charge in [0.2, 0.25) is 0 Å². The molecule has 0 radical (unpaired) electrons. The Balaban J connectivity index is 0.000000192. The summed E-state index contributed by atoms with van der Waals surface area (Å²) >= 11 is 6.83. The lowest BCUT2D eigenvalue weighted by Gasteiger charge is -2.09. The molecule has 0 fully saturated rings. The van der Waals surface area contributed by atoms with Crippen molar-refractivity contribution in [2.75, 3.05) is 0 Å². The van der Waals surface area contributed by atoms with Gasteiger partial charge in [-0.2, -0.15) is 0 Å². The van der Waals surface area contributed by atoms with E-state index in [1.54, 1.807) is 36.9 Å². The molecular weight excluding hydrogens is 772 g/mol. The number of carbonyl (C=O) groups is 2. The van der Waals surface area contributed by atoms with Crippen LogP contribution in [0.5, 0.6) is 0 Å². The van der Waals surface area contributed by atoms with Crippen LogP contribution in [0.1, 0.15) is 54.6 Å². The Bertz CT molecular complexity index is 2070. The van der Waals surface area contributed by atoms with Crippen LogP contribution in [-0.4, -0.2) is 36.9 Å². The van der Waals surface area contributed by atoms with Gasteiger partial charge in [0.25, 0.3) is 5.91 Å². The molecule has 0 aliphatic carbocycles. The van der Waals surface area contributed by atoms with E-state index in [-0.39, 0.29) is 11.5 Å². The van der Waals surface area contributed by atoms with Gasteiger partial charge in [-0.25, -0.2) is 24.7 Å². The zero-order valence-corrected chi connectivity index (χ0v) is 31.9. The number of hydrogen-bond acceptors (Lipinski definition) is 7.